The number of methoxy groups -OCH3 is 2. The molecule has 1 heterocycles. The van der Waals surface area contributed by atoms with Crippen molar-refractivity contribution < 1.29 is 68.4 Å². The van der Waals surface area contributed by atoms with Crippen molar-refractivity contribution in [3.05, 3.63) is 82.9 Å². The van der Waals surface area contributed by atoms with E-state index < -0.39 is 24.3 Å². The minimum Gasteiger partial charge on any atom is -0.545 e. The largest absolute Gasteiger partial charge is 1.00 e. The summed E-state index contributed by atoms with van der Waals surface area (Å²) < 4.78 is 24.1. The van der Waals surface area contributed by atoms with Gasteiger partial charge >= 0.3 is 35.5 Å². The molecule has 3 aromatic carbocycles. The molecule has 194 valence electrons. The Morgan fingerprint density at radius 2 is 1.51 bits per heavy atom. The van der Waals surface area contributed by atoms with Gasteiger partial charge in [0.05, 0.1) is 31.9 Å². The minimum absolute atomic E-state index is 0. The Labute approximate surface area is 249 Å². The minimum atomic E-state index is -1.56. The summed E-state index contributed by atoms with van der Waals surface area (Å²) in [6.45, 7) is -0.646. The first kappa shape index (κ1) is 29.8. The van der Waals surface area contributed by atoms with Crippen molar-refractivity contribution in [3.63, 3.8) is 0 Å². The molecule has 10 nitrogen and oxygen atoms in total. The Morgan fingerprint density at radius 1 is 0.872 bits per heavy atom. The third-order valence-corrected chi connectivity index (χ3v) is 6.22. The summed E-state index contributed by atoms with van der Waals surface area (Å²) in [6.07, 6.45) is -0.208. The van der Waals surface area contributed by atoms with Crippen LogP contribution in [0.2, 0.25) is 0 Å². The van der Waals surface area contributed by atoms with E-state index in [2.05, 4.69) is 8.75 Å². The molecular formula is C27H21N2NaO8S. The van der Waals surface area contributed by atoms with Crippen LogP contribution in [-0.2, 0) is 16.0 Å². The van der Waals surface area contributed by atoms with Gasteiger partial charge in [-0.25, -0.2) is 4.79 Å². The van der Waals surface area contributed by atoms with Crippen molar-refractivity contribution in [2.75, 3.05) is 20.8 Å². The van der Waals surface area contributed by atoms with Gasteiger partial charge in [0.25, 0.3) is 0 Å². The molecule has 0 aliphatic rings. The summed E-state index contributed by atoms with van der Waals surface area (Å²) in [4.78, 5) is 37.5. The molecule has 4 aromatic rings. The van der Waals surface area contributed by atoms with E-state index in [9.17, 15) is 19.5 Å². The van der Waals surface area contributed by atoms with E-state index in [1.54, 1.807) is 30.3 Å². The Morgan fingerprint density at radius 3 is 2.15 bits per heavy atom. The second-order valence-corrected chi connectivity index (χ2v) is 8.53. The van der Waals surface area contributed by atoms with E-state index in [-0.39, 0.29) is 64.0 Å². The van der Waals surface area contributed by atoms with E-state index >= 15 is 0 Å². The average Bonchev–Trinajstić information content (AvgIpc) is 3.39. The maximum absolute atomic E-state index is 13.8. The van der Waals surface area contributed by atoms with Gasteiger partial charge in [0.2, 0.25) is 0 Å². The zero-order valence-corrected chi connectivity index (χ0v) is 24.1. The van der Waals surface area contributed by atoms with Crippen molar-refractivity contribution in [2.45, 2.75) is 6.42 Å². The van der Waals surface area contributed by atoms with Crippen LogP contribution in [0, 0.1) is 0 Å². The molecule has 1 N–H and O–H groups in total. The van der Waals surface area contributed by atoms with Gasteiger partial charge < -0.3 is 29.2 Å². The van der Waals surface area contributed by atoms with Gasteiger partial charge in [-0.1, -0.05) is 12.1 Å². The van der Waals surface area contributed by atoms with Gasteiger partial charge in [-0.3, -0.25) is 4.79 Å². The number of hydrogen-bond donors (Lipinski definition) is 1. The van der Waals surface area contributed by atoms with E-state index in [1.807, 2.05) is 0 Å². The SMILES string of the molecule is COc1ccc(C(=O)C(Cc2ccc(OC)cc2OCC(=O)O)=C(C(=O)[O-])c2ccc3nsnc3c2)cc1.[Na+]. The number of aromatic nitrogens is 2. The smallest absolute Gasteiger partial charge is 0.545 e. The quantitative estimate of drug-likeness (QED) is 0.150. The Kier molecular flexibility index (Phi) is 10.2. The maximum atomic E-state index is 13.8. The molecule has 4 rings (SSSR count). The molecule has 0 saturated heterocycles. The second-order valence-electron chi connectivity index (χ2n) is 8.00. The monoisotopic (exact) mass is 556 g/mol. The van der Waals surface area contributed by atoms with Crippen LogP contribution in [-0.4, -0.2) is 52.4 Å². The first-order valence-electron chi connectivity index (χ1n) is 11.2. The van der Waals surface area contributed by atoms with E-state index in [4.69, 9.17) is 19.3 Å². The molecule has 0 bridgehead atoms. The summed E-state index contributed by atoms with van der Waals surface area (Å²) in [5.41, 5.74) is 1.43. The van der Waals surface area contributed by atoms with Crippen LogP contribution in [0.15, 0.2) is 66.2 Å². The number of aliphatic carboxylic acids is 2. The fraction of sp³-hybridized carbons (Fsp3) is 0.148. The number of carbonyl (C=O) groups is 3. The fourth-order valence-electron chi connectivity index (χ4n) is 3.82. The van der Waals surface area contributed by atoms with Gasteiger partial charge in [0.1, 0.15) is 28.3 Å². The Hall–Kier alpha value is -3.77. The molecule has 0 unspecified atom stereocenters. The molecule has 0 saturated carbocycles. The number of Topliss-reactive ketones (excluding diaryl/α,β-unsaturated/α-hetero) is 1. The number of hydrogen-bond acceptors (Lipinski definition) is 10. The van der Waals surface area contributed by atoms with Crippen molar-refractivity contribution >= 4 is 46.1 Å². The molecule has 0 fully saturated rings. The molecule has 0 amide bonds. The number of rotatable bonds is 11. The van der Waals surface area contributed by atoms with Crippen LogP contribution in [0.4, 0.5) is 0 Å². The van der Waals surface area contributed by atoms with Crippen molar-refractivity contribution in [2.24, 2.45) is 0 Å². The summed E-state index contributed by atoms with van der Waals surface area (Å²) in [5.74, 6) is -2.29. The van der Waals surface area contributed by atoms with Gasteiger partial charge in [-0.05, 0) is 53.6 Å². The average molecular weight is 557 g/mol. The standard InChI is InChI=1S/C27H22N2O8S.Na/c1-35-18-7-3-15(4-8-18)26(32)20(11-16-5-9-19(36-2)13-23(16)37-14-24(30)31)25(27(33)34)17-6-10-21-22(12-17)29-38-28-21;/h3-10,12-13H,11,14H2,1-2H3,(H,30,31)(H,33,34);/q;+1/p-1. The molecule has 39 heavy (non-hydrogen) atoms. The molecule has 0 aliphatic heterocycles. The van der Waals surface area contributed by atoms with Crippen LogP contribution in [0.25, 0.3) is 16.6 Å². The third-order valence-electron chi connectivity index (χ3n) is 5.67. The molecule has 0 spiro atoms. The van der Waals surface area contributed by atoms with Gasteiger partial charge in [0.15, 0.2) is 12.4 Å². The maximum Gasteiger partial charge on any atom is 1.00 e. The molecule has 1 aromatic heterocycles. The Balaban J connectivity index is 0.00000420. The summed E-state index contributed by atoms with van der Waals surface area (Å²) >= 11 is 0.978. The van der Waals surface area contributed by atoms with Crippen LogP contribution >= 0.6 is 11.7 Å². The first-order valence-corrected chi connectivity index (χ1v) is 11.9. The second kappa shape index (κ2) is 13.3. The number of carboxylic acids is 2. The Bertz CT molecular complexity index is 1550. The topological polar surface area (TPSA) is 148 Å². The molecule has 0 aliphatic carbocycles. The van der Waals surface area contributed by atoms with Crippen LogP contribution in [0.1, 0.15) is 21.5 Å². The number of fused-ring (bicyclic) bond motifs is 1. The zero-order valence-electron chi connectivity index (χ0n) is 21.3. The number of allylic oxidation sites excluding steroid dienone is 1. The van der Waals surface area contributed by atoms with Crippen LogP contribution in [0.5, 0.6) is 17.2 Å². The number of carboxylic acid groups (broad SMARTS) is 2. The predicted octanol–water partition coefficient (Wildman–Crippen LogP) is -0.195. The molecular weight excluding hydrogens is 535 g/mol. The molecule has 0 radical (unpaired) electrons. The summed E-state index contributed by atoms with van der Waals surface area (Å²) in [7, 11) is 2.92. The van der Waals surface area contributed by atoms with Gasteiger partial charge in [0, 0.05) is 29.2 Å². The first-order chi connectivity index (χ1) is 18.3. The zero-order chi connectivity index (χ0) is 27.2. The normalized spacial score (nSPS) is 11.2. The number of benzene rings is 3. The van der Waals surface area contributed by atoms with Gasteiger partial charge in [-0.2, -0.15) is 8.75 Å². The fourth-order valence-corrected chi connectivity index (χ4v) is 4.34. The van der Waals surface area contributed by atoms with Gasteiger partial charge in [-0.15, -0.1) is 0 Å². The van der Waals surface area contributed by atoms with Crippen molar-refractivity contribution in [1.82, 2.24) is 8.75 Å². The van der Waals surface area contributed by atoms with E-state index in [1.165, 1.54) is 44.6 Å². The van der Waals surface area contributed by atoms with E-state index in [0.29, 0.717) is 28.1 Å². The summed E-state index contributed by atoms with van der Waals surface area (Å²) in [6, 6.07) is 15.6. The molecule has 12 heteroatoms. The molecule has 0 atom stereocenters. The number of nitrogens with zero attached hydrogens (tertiary/aromatic N) is 2. The number of ether oxygens (including phenoxy) is 3. The number of carbonyl (C=O) groups excluding carboxylic acids is 2. The van der Waals surface area contributed by atoms with E-state index in [0.717, 1.165) is 11.7 Å². The van der Waals surface area contributed by atoms with Crippen LogP contribution in [0.3, 0.4) is 0 Å². The van der Waals surface area contributed by atoms with Crippen molar-refractivity contribution in [1.29, 1.82) is 0 Å². The van der Waals surface area contributed by atoms with Crippen LogP contribution < -0.4 is 48.9 Å². The van der Waals surface area contributed by atoms with Crippen molar-refractivity contribution in [3.8, 4) is 17.2 Å². The third kappa shape index (κ3) is 7.01. The summed E-state index contributed by atoms with van der Waals surface area (Å²) in [5, 5.41) is 21.6. The predicted molar refractivity (Wildman–Crippen MR) is 136 cm³/mol. The number of ketones is 1.